The topological polar surface area (TPSA) is 15.3 Å². The van der Waals surface area contributed by atoms with Gasteiger partial charge in [0, 0.05) is 32.2 Å². The van der Waals surface area contributed by atoms with Crippen molar-refractivity contribution in [1.29, 1.82) is 0 Å². The Labute approximate surface area is 134 Å². The number of unbranched alkanes of at least 4 members (excludes halogenated alkanes) is 1. The Bertz CT molecular complexity index is 614. The van der Waals surface area contributed by atoms with Gasteiger partial charge in [-0.1, -0.05) is 56.2 Å². The molecule has 0 aliphatic carbocycles. The molecule has 2 aromatic carbocycles. The summed E-state index contributed by atoms with van der Waals surface area (Å²) in [7, 11) is 0. The molecule has 0 spiro atoms. The summed E-state index contributed by atoms with van der Waals surface area (Å²) in [6.07, 6.45) is 3.84. The number of aryl methyl sites for hydroxylation is 1. The van der Waals surface area contributed by atoms with Gasteiger partial charge in [-0.2, -0.15) is 0 Å². The molecule has 22 heavy (non-hydrogen) atoms. The fraction of sp³-hybridized carbons (Fsp3) is 0.500. The molecular formula is C20H28N2. The van der Waals surface area contributed by atoms with Gasteiger partial charge >= 0.3 is 0 Å². The molecule has 1 saturated heterocycles. The standard InChI is InChI=1S/C20H28N2/c1-3-4-9-20(22-14-12-21-13-15-22)19-11-10-16(2)17-7-5-6-8-18(17)19/h5-8,10-11,20-21H,3-4,9,12-15H2,1-2H3/t20-/m0/s1. The van der Waals surface area contributed by atoms with Gasteiger partial charge in [0.05, 0.1) is 0 Å². The molecule has 1 heterocycles. The zero-order valence-electron chi connectivity index (χ0n) is 13.9. The van der Waals surface area contributed by atoms with Crippen molar-refractivity contribution in [3.8, 4) is 0 Å². The highest BCUT2D eigenvalue weighted by atomic mass is 15.2. The van der Waals surface area contributed by atoms with Gasteiger partial charge in [-0.3, -0.25) is 4.90 Å². The molecule has 0 unspecified atom stereocenters. The zero-order valence-corrected chi connectivity index (χ0v) is 13.9. The Morgan fingerprint density at radius 2 is 1.77 bits per heavy atom. The van der Waals surface area contributed by atoms with Crippen LogP contribution in [0.25, 0.3) is 10.8 Å². The molecule has 0 radical (unpaired) electrons. The first-order chi connectivity index (χ1) is 10.8. The maximum Gasteiger partial charge on any atom is 0.0355 e. The fourth-order valence-electron chi connectivity index (χ4n) is 3.69. The normalized spacial score (nSPS) is 17.7. The first-order valence-electron chi connectivity index (χ1n) is 8.74. The van der Waals surface area contributed by atoms with Crippen LogP contribution in [0, 0.1) is 6.92 Å². The number of fused-ring (bicyclic) bond motifs is 1. The van der Waals surface area contributed by atoms with Crippen molar-refractivity contribution >= 4 is 10.8 Å². The third-order valence-corrected chi connectivity index (χ3v) is 4.96. The summed E-state index contributed by atoms with van der Waals surface area (Å²) in [6.45, 7) is 9.08. The van der Waals surface area contributed by atoms with Gasteiger partial charge < -0.3 is 5.32 Å². The molecule has 1 N–H and O–H groups in total. The van der Waals surface area contributed by atoms with Crippen LogP contribution in [0.5, 0.6) is 0 Å². The van der Waals surface area contributed by atoms with Crippen LogP contribution < -0.4 is 5.32 Å². The lowest BCUT2D eigenvalue weighted by atomic mass is 9.92. The van der Waals surface area contributed by atoms with Crippen molar-refractivity contribution in [3.05, 3.63) is 47.5 Å². The minimum atomic E-state index is 0.563. The third kappa shape index (κ3) is 3.18. The van der Waals surface area contributed by atoms with Crippen LogP contribution in [-0.4, -0.2) is 31.1 Å². The second kappa shape index (κ2) is 7.26. The Morgan fingerprint density at radius 1 is 1.05 bits per heavy atom. The van der Waals surface area contributed by atoms with Crippen LogP contribution in [-0.2, 0) is 0 Å². The second-order valence-electron chi connectivity index (χ2n) is 6.46. The number of hydrogen-bond donors (Lipinski definition) is 1. The van der Waals surface area contributed by atoms with Crippen molar-refractivity contribution < 1.29 is 0 Å². The van der Waals surface area contributed by atoms with Crippen LogP contribution in [0.15, 0.2) is 36.4 Å². The number of benzene rings is 2. The van der Waals surface area contributed by atoms with Gasteiger partial charge in [-0.15, -0.1) is 0 Å². The van der Waals surface area contributed by atoms with Gasteiger partial charge in [-0.05, 0) is 35.2 Å². The highest BCUT2D eigenvalue weighted by molar-refractivity contribution is 5.88. The van der Waals surface area contributed by atoms with E-state index in [1.807, 2.05) is 0 Å². The van der Waals surface area contributed by atoms with Crippen LogP contribution in [0.2, 0.25) is 0 Å². The van der Waals surface area contributed by atoms with Gasteiger partial charge in [0.2, 0.25) is 0 Å². The average molecular weight is 296 g/mol. The molecule has 118 valence electrons. The predicted molar refractivity (Wildman–Crippen MR) is 95.4 cm³/mol. The lowest BCUT2D eigenvalue weighted by Gasteiger charge is -2.36. The average Bonchev–Trinajstić information content (AvgIpc) is 2.58. The summed E-state index contributed by atoms with van der Waals surface area (Å²) in [6, 6.07) is 14.2. The molecular weight excluding hydrogens is 268 g/mol. The maximum absolute atomic E-state index is 3.48. The minimum absolute atomic E-state index is 0.563. The molecule has 0 aromatic heterocycles. The summed E-state index contributed by atoms with van der Waals surface area (Å²) >= 11 is 0. The molecule has 3 rings (SSSR count). The highest BCUT2D eigenvalue weighted by Gasteiger charge is 2.23. The number of nitrogens with one attached hydrogen (secondary N) is 1. The van der Waals surface area contributed by atoms with Crippen molar-refractivity contribution in [1.82, 2.24) is 10.2 Å². The molecule has 2 aromatic rings. The molecule has 0 bridgehead atoms. The fourth-order valence-corrected chi connectivity index (χ4v) is 3.69. The summed E-state index contributed by atoms with van der Waals surface area (Å²) in [4.78, 5) is 2.68. The lowest BCUT2D eigenvalue weighted by molar-refractivity contribution is 0.164. The number of piperazine rings is 1. The molecule has 2 nitrogen and oxygen atoms in total. The van der Waals surface area contributed by atoms with Gasteiger partial charge in [0.1, 0.15) is 0 Å². The first kappa shape index (κ1) is 15.5. The number of nitrogens with zero attached hydrogens (tertiary/aromatic N) is 1. The SMILES string of the molecule is CCCC[C@@H](c1ccc(C)c2ccccc12)N1CCNCC1. The van der Waals surface area contributed by atoms with E-state index < -0.39 is 0 Å². The van der Waals surface area contributed by atoms with Crippen LogP contribution in [0.1, 0.15) is 43.4 Å². The lowest BCUT2D eigenvalue weighted by Crippen LogP contribution is -2.45. The van der Waals surface area contributed by atoms with Crippen LogP contribution in [0.3, 0.4) is 0 Å². The molecule has 0 saturated carbocycles. The highest BCUT2D eigenvalue weighted by Crippen LogP contribution is 2.33. The van der Waals surface area contributed by atoms with Crippen molar-refractivity contribution in [2.75, 3.05) is 26.2 Å². The van der Waals surface area contributed by atoms with E-state index >= 15 is 0 Å². The van der Waals surface area contributed by atoms with Crippen LogP contribution >= 0.6 is 0 Å². The zero-order chi connectivity index (χ0) is 15.4. The molecule has 1 fully saturated rings. The summed E-state index contributed by atoms with van der Waals surface area (Å²) in [5.41, 5.74) is 2.91. The molecule has 1 atom stereocenters. The largest absolute Gasteiger partial charge is 0.314 e. The van der Waals surface area contributed by atoms with Crippen molar-refractivity contribution in [2.45, 2.75) is 39.2 Å². The molecule has 0 amide bonds. The van der Waals surface area contributed by atoms with E-state index in [0.717, 1.165) is 26.2 Å². The Kier molecular flexibility index (Phi) is 5.12. The summed E-state index contributed by atoms with van der Waals surface area (Å²) in [5.74, 6) is 0. The van der Waals surface area contributed by atoms with E-state index in [9.17, 15) is 0 Å². The quantitative estimate of drug-likeness (QED) is 0.885. The van der Waals surface area contributed by atoms with E-state index in [2.05, 4.69) is 60.5 Å². The van der Waals surface area contributed by atoms with E-state index in [0.29, 0.717) is 6.04 Å². The Balaban J connectivity index is 2.01. The maximum atomic E-state index is 3.48. The third-order valence-electron chi connectivity index (χ3n) is 4.96. The second-order valence-corrected chi connectivity index (χ2v) is 6.46. The summed E-state index contributed by atoms with van der Waals surface area (Å²) in [5, 5.41) is 6.34. The predicted octanol–water partition coefficient (Wildman–Crippen LogP) is 4.28. The molecule has 1 aliphatic rings. The van der Waals surface area contributed by atoms with E-state index in [1.165, 1.54) is 41.2 Å². The Morgan fingerprint density at radius 3 is 2.50 bits per heavy atom. The first-order valence-corrected chi connectivity index (χ1v) is 8.74. The van der Waals surface area contributed by atoms with Crippen molar-refractivity contribution in [3.63, 3.8) is 0 Å². The van der Waals surface area contributed by atoms with Gasteiger partial charge in [0.25, 0.3) is 0 Å². The number of hydrogen-bond acceptors (Lipinski definition) is 2. The van der Waals surface area contributed by atoms with E-state index in [4.69, 9.17) is 0 Å². The summed E-state index contributed by atoms with van der Waals surface area (Å²) < 4.78 is 0. The molecule has 1 aliphatic heterocycles. The van der Waals surface area contributed by atoms with Gasteiger partial charge in [-0.25, -0.2) is 0 Å². The molecule has 2 heteroatoms. The van der Waals surface area contributed by atoms with Crippen molar-refractivity contribution in [2.24, 2.45) is 0 Å². The van der Waals surface area contributed by atoms with Gasteiger partial charge in [0.15, 0.2) is 0 Å². The van der Waals surface area contributed by atoms with Crippen LogP contribution in [0.4, 0.5) is 0 Å². The smallest absolute Gasteiger partial charge is 0.0355 e. The van der Waals surface area contributed by atoms with E-state index in [-0.39, 0.29) is 0 Å². The minimum Gasteiger partial charge on any atom is -0.314 e. The monoisotopic (exact) mass is 296 g/mol. The van der Waals surface area contributed by atoms with E-state index in [1.54, 1.807) is 0 Å². The Hall–Kier alpha value is -1.38. The number of rotatable bonds is 5.